The summed E-state index contributed by atoms with van der Waals surface area (Å²) >= 11 is 0. The van der Waals surface area contributed by atoms with Gasteiger partial charge in [0.25, 0.3) is 0 Å². The largest absolute Gasteiger partial charge is 0.508 e. The number of phenols is 2. The van der Waals surface area contributed by atoms with Crippen molar-refractivity contribution < 1.29 is 146 Å². The predicted octanol–water partition coefficient (Wildman–Crippen LogP) is -11.8. The van der Waals surface area contributed by atoms with Gasteiger partial charge in [-0.05, 0) is 158 Å². The second-order valence-electron chi connectivity index (χ2n) is 35.7. The van der Waals surface area contributed by atoms with E-state index in [9.17, 15) is 141 Å². The Hall–Kier alpha value is -15.4. The molecule has 0 aliphatic heterocycles. The Labute approximate surface area is 857 Å². The van der Waals surface area contributed by atoms with Gasteiger partial charge in [0.15, 0.2) is 5.96 Å². The van der Waals surface area contributed by atoms with Crippen LogP contribution in [0.15, 0.2) is 78.9 Å². The summed E-state index contributed by atoms with van der Waals surface area (Å²) in [6.45, 7) is 6.62. The molecule has 0 fully saturated rings. The van der Waals surface area contributed by atoms with E-state index in [0.717, 1.165) is 33.3 Å². The molecule has 3 aromatic rings. The number of nitrogens with two attached hydrogens (primary N) is 6. The first-order valence-corrected chi connectivity index (χ1v) is 48.0. The number of aliphatic hydroxyl groups is 4. The molecule has 40 N–H and O–H groups in total. The van der Waals surface area contributed by atoms with Crippen molar-refractivity contribution in [2.24, 2.45) is 46.2 Å². The number of carboxylic acid groups (broad SMARTS) is 2. The van der Waals surface area contributed by atoms with Crippen LogP contribution in [0.25, 0.3) is 0 Å². The van der Waals surface area contributed by atoms with Crippen molar-refractivity contribution in [2.75, 3.05) is 45.9 Å². The van der Waals surface area contributed by atoms with Crippen LogP contribution in [0.1, 0.15) is 156 Å². The van der Waals surface area contributed by atoms with E-state index >= 15 is 0 Å². The molecule has 0 unspecified atom stereocenters. The van der Waals surface area contributed by atoms with Crippen LogP contribution < -0.4 is 135 Å². The molecule has 0 saturated carbocycles. The fourth-order valence-corrected chi connectivity index (χ4v) is 14.3. The van der Waals surface area contributed by atoms with Crippen LogP contribution in [0.4, 0.5) is 0 Å². The van der Waals surface area contributed by atoms with Crippen LogP contribution >= 0.6 is 0 Å². The second-order valence-corrected chi connectivity index (χ2v) is 35.7. The van der Waals surface area contributed by atoms with Crippen molar-refractivity contribution in [1.29, 1.82) is 5.41 Å². The molecule has 0 radical (unpaired) electrons. The van der Waals surface area contributed by atoms with E-state index in [-0.39, 0.29) is 87.2 Å². The molecule has 0 aliphatic carbocycles. The number of carbonyl (C=O) groups is 22. The summed E-state index contributed by atoms with van der Waals surface area (Å²) in [5, 5.41) is 134. The van der Waals surface area contributed by atoms with Gasteiger partial charge in [0.1, 0.15) is 115 Å². The van der Waals surface area contributed by atoms with Crippen LogP contribution in [-0.4, -0.2) is 338 Å². The van der Waals surface area contributed by atoms with Gasteiger partial charge in [-0.2, -0.15) is 0 Å². The van der Waals surface area contributed by atoms with Crippen LogP contribution in [0.2, 0.25) is 0 Å². The predicted molar refractivity (Wildman–Crippen MR) is 529 cm³/mol. The molecule has 0 heterocycles. The van der Waals surface area contributed by atoms with E-state index < -0.39 is 328 Å². The number of benzene rings is 3. The lowest BCUT2D eigenvalue weighted by Crippen LogP contribution is -2.63. The van der Waals surface area contributed by atoms with Crippen molar-refractivity contribution >= 4 is 136 Å². The quantitative estimate of drug-likeness (QED) is 0.0142. The van der Waals surface area contributed by atoms with Gasteiger partial charge in [0, 0.05) is 25.8 Å². The third-order valence-corrected chi connectivity index (χ3v) is 22.9. The Balaban J connectivity index is 1.87. The highest BCUT2D eigenvalue weighted by Crippen LogP contribution is 2.19. The van der Waals surface area contributed by atoms with Gasteiger partial charge in [-0.1, -0.05) is 88.7 Å². The van der Waals surface area contributed by atoms with Crippen LogP contribution in [0.3, 0.4) is 0 Å². The summed E-state index contributed by atoms with van der Waals surface area (Å²) in [4.78, 5) is 300. The van der Waals surface area contributed by atoms with Crippen molar-refractivity contribution in [3.63, 3.8) is 0 Å². The van der Waals surface area contributed by atoms with E-state index in [4.69, 9.17) is 44.9 Å². The molecule has 826 valence electrons. The van der Waals surface area contributed by atoms with Crippen molar-refractivity contribution in [3.8, 4) is 11.5 Å². The summed E-state index contributed by atoms with van der Waals surface area (Å²) in [7, 11) is 0. The number of carbonyl (C=O) groups excluding carboxylic acids is 20. The SMILES string of the molecule is CC[C@H](C)[C@H](NC(=O)[C@@H](N)Cc1ccccc1)C(=O)N[C@@H](CCCNC(=N)N)C(=O)N[C@@H](CC(N)=O)C(=O)N[C@@H](CCCCN)C(=O)N[C@@H](C)C(=O)N[C@@H](CC(N)=O)C(=O)NCC(=O)N[C@@H](Cc1ccc(O)cc1)C(=O)N[C@H](C(=O)N[C@H](C(=O)N[C@@H](CCC(=O)O)C(=O)N[C@@H](Cc1ccc(O)cc1)C(=O)N[C@@H](CO)C(=O)N[C@@H](C)C(=O)N[C@@H](CO)C(=O)N[C@H](C(=O)N[C@@H](CCCCN)C(=O)NCC(=O)O)C(C)C)[C@@H](C)O)[C@@H](C)O. The maximum Gasteiger partial charge on any atom is 0.322 e. The number of guanidine groups is 1. The van der Waals surface area contributed by atoms with Crippen molar-refractivity contribution in [3.05, 3.63) is 95.6 Å². The van der Waals surface area contributed by atoms with Gasteiger partial charge < -0.3 is 176 Å². The van der Waals surface area contributed by atoms with E-state index in [1.165, 1.54) is 62.4 Å². The Kier molecular flexibility index (Phi) is 56.5. The molecule has 0 aromatic heterocycles. The molecule has 3 aromatic carbocycles. The van der Waals surface area contributed by atoms with Gasteiger partial charge in [0.05, 0.1) is 50.8 Å². The number of primary amides is 2. The highest BCUT2D eigenvalue weighted by molar-refractivity contribution is 6.03. The minimum absolute atomic E-state index is 0.00591. The Morgan fingerprint density at radius 2 is 0.671 bits per heavy atom. The number of amides is 20. The molecule has 20 amide bonds. The van der Waals surface area contributed by atoms with Gasteiger partial charge in [-0.3, -0.25) is 111 Å². The number of hydrogen-bond acceptors (Lipinski definition) is 32. The number of rotatable bonds is 69. The van der Waals surface area contributed by atoms with Crippen molar-refractivity contribution in [2.45, 2.75) is 273 Å². The first kappa shape index (κ1) is 128. The van der Waals surface area contributed by atoms with Crippen LogP contribution in [0.5, 0.6) is 11.5 Å². The van der Waals surface area contributed by atoms with Crippen LogP contribution in [0, 0.1) is 17.2 Å². The van der Waals surface area contributed by atoms with Crippen molar-refractivity contribution in [1.82, 2.24) is 101 Å². The monoisotopic (exact) mass is 2110 g/mol. The van der Waals surface area contributed by atoms with E-state index in [2.05, 4.69) is 101 Å². The second kappa shape index (κ2) is 65.9. The molecule has 0 spiro atoms. The number of unbranched alkanes of at least 4 members (excludes halogenated alkanes) is 2. The zero-order valence-electron chi connectivity index (χ0n) is 83.9. The maximum absolute atomic E-state index is 14.5. The highest BCUT2D eigenvalue weighted by Gasteiger charge is 2.42. The molecule has 56 heteroatoms. The number of aliphatic carboxylic acids is 2. The summed E-state index contributed by atoms with van der Waals surface area (Å²) in [6.07, 6.45) is -7.35. The molecule has 0 saturated heterocycles. The molecule has 20 atom stereocenters. The van der Waals surface area contributed by atoms with Gasteiger partial charge in [-0.25, -0.2) is 0 Å². The maximum atomic E-state index is 14.5. The number of carboxylic acids is 2. The summed E-state index contributed by atoms with van der Waals surface area (Å²) in [5.41, 5.74) is 35.2. The topological polar surface area (TPSA) is 946 Å². The highest BCUT2D eigenvalue weighted by atomic mass is 16.4. The molecular weight excluding hydrogens is 1960 g/mol. The fraction of sp³-hybridized carbons (Fsp3) is 0.559. The van der Waals surface area contributed by atoms with Gasteiger partial charge in [0.2, 0.25) is 118 Å². The third-order valence-electron chi connectivity index (χ3n) is 22.9. The summed E-state index contributed by atoms with van der Waals surface area (Å²) < 4.78 is 0. The average molecular weight is 2110 g/mol. The zero-order valence-corrected chi connectivity index (χ0v) is 83.9. The first-order chi connectivity index (χ1) is 70.2. The van der Waals surface area contributed by atoms with Gasteiger partial charge >= 0.3 is 11.9 Å². The Morgan fingerprint density at radius 3 is 1.12 bits per heavy atom. The van der Waals surface area contributed by atoms with Crippen LogP contribution in [-0.2, 0) is 125 Å². The lowest BCUT2D eigenvalue weighted by Gasteiger charge is -2.29. The molecule has 56 nitrogen and oxygen atoms in total. The number of nitrogens with one attached hydrogen (secondary N) is 20. The van der Waals surface area contributed by atoms with E-state index in [1.54, 1.807) is 44.2 Å². The molecule has 0 aliphatic rings. The lowest BCUT2D eigenvalue weighted by molar-refractivity contribution is -0.140. The number of aromatic hydroxyl groups is 2. The third kappa shape index (κ3) is 47.3. The van der Waals surface area contributed by atoms with Gasteiger partial charge in [-0.15, -0.1) is 0 Å². The molecule has 149 heavy (non-hydrogen) atoms. The Bertz CT molecular complexity index is 5040. The summed E-state index contributed by atoms with van der Waals surface area (Å²) in [6, 6.07) is -10.6. The fourth-order valence-electron chi connectivity index (χ4n) is 14.3. The average Bonchev–Trinajstić information content (AvgIpc) is 0.837. The lowest BCUT2D eigenvalue weighted by atomic mass is 9.96. The summed E-state index contributed by atoms with van der Waals surface area (Å²) in [5.74, 6) is -28.3. The zero-order chi connectivity index (χ0) is 112. The minimum atomic E-state index is -2.20. The number of aliphatic hydroxyl groups excluding tert-OH is 4. The first-order valence-electron chi connectivity index (χ1n) is 48.0. The minimum Gasteiger partial charge on any atom is -0.508 e. The molecular formula is C93H144N26O30. The molecule has 0 bridgehead atoms. The normalized spacial score (nSPS) is 15.1. The van der Waals surface area contributed by atoms with E-state index in [0.29, 0.717) is 19.3 Å². The molecule has 3 rings (SSSR count). The number of phenolic OH excluding ortho intramolecular Hbond substituents is 2. The van der Waals surface area contributed by atoms with E-state index in [1.807, 2.05) is 0 Å². The standard InChI is InChI=1S/C93H144N26O30/c1-9-46(4)73(117-78(135)56(96)36-51-18-11-10-12-19-51)90(147)109-59(22-17-35-101-93(99)100)82(139)113-64(40-68(98)127)85(142)107-58(21-14-16-34-95)81(138)104-47(5)76(133)111-63(39-67(97)126)80(137)102-41-69(128)106-61(37-52-23-27-54(124)28-24-52)86(143)118-75(50(8)123)92(149)119-74(49(7)122)91(148)110-60(31-32-70(129)130)83(140)112-62(38-53-25-29-55(125)30-26-53)84(141)115-65(43-120)87(144)105-48(6)77(134)114-66(44-121)88(145)116-72(45(2)3)89(146)108-57(20-13-15-33-94)79(136)103-42-71(131)132/h10-12,18-19,23-30,45-50,56-66,72-75,120-125H,9,13-17,20-22,31-44,94-96H2,1-8H3,(H2,97,126)(H2,98,127)(H,102,137)(H,103,136)(H,104,138)(H,105,144)(H,106,128)(H,107,142)(H,108,146)(H,109,147)(H,110,148)(H,111,133)(H,112,140)(H,113,139)(H,114,134)(H,115,141)(H,116,145)(H,117,135)(H,118,143)(H,119,149)(H,129,130)(H,131,132)(H4,99,100,101)/t46-,47-,48-,49+,50+,56-,57-,58-,59-,60-,61-,62-,63-,64-,65-,66-,72-,73-,74-,75-/m0/s1. The smallest absolute Gasteiger partial charge is 0.322 e. The Morgan fingerprint density at radius 1 is 0.336 bits per heavy atom. The number of hydrogen-bond donors (Lipinski definition) is 34.